The minimum absolute atomic E-state index is 0.0521. The highest BCUT2D eigenvalue weighted by molar-refractivity contribution is 6.00. The van der Waals surface area contributed by atoms with Crippen LogP contribution in [0.5, 0.6) is 0 Å². The van der Waals surface area contributed by atoms with Crippen LogP contribution >= 0.6 is 0 Å². The van der Waals surface area contributed by atoms with E-state index in [9.17, 15) is 33.6 Å². The monoisotopic (exact) mass is 1330 g/mol. The molecule has 11 amide bonds. The number of hydrogen-bond acceptors (Lipinski definition) is 15. The van der Waals surface area contributed by atoms with Crippen molar-refractivity contribution < 1.29 is 67.1 Å². The highest BCUT2D eigenvalue weighted by Gasteiger charge is 2.55. The average molecular weight is 1330 g/mol. The van der Waals surface area contributed by atoms with Gasteiger partial charge in [-0.1, -0.05) is 95.2 Å². The highest BCUT2D eigenvalue weighted by atomic mass is 16.7. The summed E-state index contributed by atoms with van der Waals surface area (Å²) in [5.41, 5.74) is 0. The number of fused-ring (bicyclic) bond motifs is 1. The van der Waals surface area contributed by atoms with Gasteiger partial charge in [-0.05, 0) is 122 Å². The molecule has 94 heavy (non-hydrogen) atoms. The summed E-state index contributed by atoms with van der Waals surface area (Å²) < 4.78 is 11.9. The zero-order valence-electron chi connectivity index (χ0n) is 61.1. The number of hydroxylamine groups is 2. The van der Waals surface area contributed by atoms with Crippen LogP contribution in [0.15, 0.2) is 12.2 Å². The van der Waals surface area contributed by atoms with Crippen LogP contribution in [0.2, 0.25) is 0 Å². The van der Waals surface area contributed by atoms with Gasteiger partial charge < -0.3 is 60.1 Å². The van der Waals surface area contributed by atoms with Crippen LogP contribution in [0, 0.1) is 35.5 Å². The number of likely N-dealkylation sites (N-methyl/N-ethyl adjacent to an activating group) is 6. The lowest BCUT2D eigenvalue weighted by Gasteiger charge is -2.50. The molecule has 0 aliphatic carbocycles. The first-order chi connectivity index (χ1) is 43.9. The van der Waals surface area contributed by atoms with E-state index in [0.717, 1.165) is 31.1 Å². The molecule has 0 spiro atoms. The van der Waals surface area contributed by atoms with Gasteiger partial charge in [0.05, 0.1) is 19.3 Å². The number of unbranched alkanes of at least 4 members (excludes halogenated alkanes) is 1. The molecule has 536 valence electrons. The molecular weight excluding hydrogens is 1210 g/mol. The van der Waals surface area contributed by atoms with Gasteiger partial charge in [-0.3, -0.25) is 62.5 Å². The summed E-state index contributed by atoms with van der Waals surface area (Å²) in [6.45, 7) is 33.6. The molecule has 4 N–H and O–H groups in total. The normalized spacial score (nSPS) is 28.6. The summed E-state index contributed by atoms with van der Waals surface area (Å²) >= 11 is 0. The van der Waals surface area contributed by atoms with Crippen molar-refractivity contribution in [3.8, 4) is 0 Å². The summed E-state index contributed by atoms with van der Waals surface area (Å²) in [6, 6.07) is -13.6. The lowest BCUT2D eigenvalue weighted by atomic mass is 9.90. The highest BCUT2D eigenvalue weighted by Crippen LogP contribution is 2.34. The minimum Gasteiger partial charge on any atom is -0.379 e. The van der Waals surface area contributed by atoms with Gasteiger partial charge in [0.1, 0.15) is 66.5 Å². The number of allylic oxidation sites excluding steroid dienone is 2. The van der Waals surface area contributed by atoms with Crippen LogP contribution in [0.1, 0.15) is 163 Å². The fourth-order valence-electron chi connectivity index (χ4n) is 12.4. The summed E-state index contributed by atoms with van der Waals surface area (Å²) in [7, 11) is 8.66. The van der Waals surface area contributed by atoms with Crippen molar-refractivity contribution >= 4 is 65.0 Å². The Labute approximate surface area is 561 Å². The summed E-state index contributed by atoms with van der Waals surface area (Å²) in [5.74, 6) is -9.28. The molecule has 3 saturated heterocycles. The van der Waals surface area contributed by atoms with E-state index in [-0.39, 0.29) is 56.0 Å². The second-order valence-electron chi connectivity index (χ2n) is 28.3. The third kappa shape index (κ3) is 21.9. The van der Waals surface area contributed by atoms with E-state index >= 15 is 19.2 Å². The van der Waals surface area contributed by atoms with Crippen LogP contribution in [0.4, 0.5) is 0 Å². The van der Waals surface area contributed by atoms with Crippen molar-refractivity contribution in [3.05, 3.63) is 12.2 Å². The van der Waals surface area contributed by atoms with Crippen molar-refractivity contribution in [2.75, 3.05) is 81.7 Å². The lowest BCUT2D eigenvalue weighted by Crippen LogP contribution is -2.72. The van der Waals surface area contributed by atoms with E-state index in [1.54, 1.807) is 41.5 Å². The van der Waals surface area contributed by atoms with Gasteiger partial charge in [-0.15, -0.1) is 0 Å². The van der Waals surface area contributed by atoms with E-state index in [0.29, 0.717) is 26.1 Å². The fraction of sp³-hybridized carbons (Fsp3) is 0.809. The van der Waals surface area contributed by atoms with Crippen molar-refractivity contribution in [1.29, 1.82) is 0 Å². The largest absolute Gasteiger partial charge is 0.379 e. The maximum Gasteiger partial charge on any atom is 0.270 e. The molecule has 0 radical (unpaired) electrons. The standard InChI is InChI=1S/C68H120N12O14/c1-24-26-29-44(13)57-56-61(84)71-49(25-2)64(87)73(18)47(16)63(86)78(23)55(48(17)93-33-28-27-30-79-31-34-92-35-32-79)60(83)72-53(42(9)10)67(90)74(19)50(36-39(3)4)59(82)69-45(14)58(81)70-46(15)62(85)75(20)51(37-40(5)6)65(88)76(21)52(38-41(7)8)66(89)77(22)54(43(11)12)68(91)80(56)94-57/h24,26,39-57H,25,27-38H2,1-23H3,(H,69,82)(H,70,81)(H,71,84)(H,72,83)/b26-24+/t44-,45+,46-,47-,48-,49+,50+,51+,52+,53+,54+,55?,56+,57-/m1/s1. The van der Waals surface area contributed by atoms with Gasteiger partial charge >= 0.3 is 0 Å². The first kappa shape index (κ1) is 82.0. The third-order valence-corrected chi connectivity index (χ3v) is 18.5. The van der Waals surface area contributed by atoms with Gasteiger partial charge in [0.2, 0.25) is 59.1 Å². The second kappa shape index (κ2) is 37.9. The van der Waals surface area contributed by atoms with Crippen LogP contribution in [0.3, 0.4) is 0 Å². The van der Waals surface area contributed by atoms with Crippen LogP contribution in [-0.4, -0.2) is 265 Å². The molecule has 3 rings (SSSR count). The number of amides is 11. The number of nitrogens with zero attached hydrogens (tertiary/aromatic N) is 8. The van der Waals surface area contributed by atoms with Gasteiger partial charge in [-0.2, -0.15) is 0 Å². The Kier molecular flexibility index (Phi) is 33.0. The maximum atomic E-state index is 15.2. The van der Waals surface area contributed by atoms with E-state index in [1.165, 1.54) is 92.5 Å². The summed E-state index contributed by atoms with van der Waals surface area (Å²) in [4.78, 5) is 179. The molecule has 0 aromatic heterocycles. The second-order valence-corrected chi connectivity index (χ2v) is 28.3. The van der Waals surface area contributed by atoms with Crippen molar-refractivity contribution in [3.63, 3.8) is 0 Å². The van der Waals surface area contributed by atoms with Crippen LogP contribution < -0.4 is 21.3 Å². The van der Waals surface area contributed by atoms with E-state index in [4.69, 9.17) is 14.3 Å². The molecule has 0 bridgehead atoms. The maximum absolute atomic E-state index is 15.2. The Balaban J connectivity index is 2.28. The number of rotatable bonds is 19. The van der Waals surface area contributed by atoms with Gasteiger partial charge in [0.15, 0.2) is 6.04 Å². The minimum atomic E-state index is -1.38. The third-order valence-electron chi connectivity index (χ3n) is 18.5. The fourth-order valence-corrected chi connectivity index (χ4v) is 12.4. The predicted octanol–water partition coefficient (Wildman–Crippen LogP) is 3.45. The quantitative estimate of drug-likeness (QED) is 0.106. The molecule has 3 aliphatic heterocycles. The molecule has 0 aromatic carbocycles. The molecule has 26 heteroatoms. The molecule has 1 unspecified atom stereocenters. The Morgan fingerprint density at radius 2 is 1.03 bits per heavy atom. The Morgan fingerprint density at radius 1 is 0.521 bits per heavy atom. The van der Waals surface area contributed by atoms with Crippen molar-refractivity contribution in [1.82, 2.24) is 60.6 Å². The zero-order valence-corrected chi connectivity index (χ0v) is 61.1. The average Bonchev–Trinajstić information content (AvgIpc) is 0.757. The lowest BCUT2D eigenvalue weighted by molar-refractivity contribution is -0.321. The van der Waals surface area contributed by atoms with Crippen LogP contribution in [0.25, 0.3) is 0 Å². The van der Waals surface area contributed by atoms with Crippen molar-refractivity contribution in [2.45, 2.75) is 241 Å². The van der Waals surface area contributed by atoms with E-state index in [1.807, 2.05) is 67.5 Å². The number of carbonyl (C=O) groups excluding carboxylic acids is 11. The molecule has 3 fully saturated rings. The predicted molar refractivity (Wildman–Crippen MR) is 358 cm³/mol. The Morgan fingerprint density at radius 3 is 1.55 bits per heavy atom. The van der Waals surface area contributed by atoms with Gasteiger partial charge in [0.25, 0.3) is 5.91 Å². The molecule has 3 aliphatic rings. The smallest absolute Gasteiger partial charge is 0.270 e. The number of morpholine rings is 1. The SMILES string of the molecule is C/C=C/C[C@@H](C)[C@H]1ON2C(=O)[C@H](C(C)C)N(C)C(=O)[C@H](CC(C)C)N(C)C(=O)[C@H](CC(C)C)N(C)C(=O)[C@@H](C)NC(=O)[C@H](C)NC(=O)[C@H](CC(C)C)N(C)C(=O)[C@H](C(C)C)NC(=O)C([C@@H](C)OCCCCN3CCOCC3)N(C)C(=O)[C@@H](C)N(C)C(=O)[C@H](CC)NC(=O)[C@H]12. The molecule has 0 aromatic rings. The Hall–Kier alpha value is -6.25. The van der Waals surface area contributed by atoms with Gasteiger partial charge in [-0.25, -0.2) is 5.06 Å². The number of ether oxygens (including phenoxy) is 2. The number of nitrogens with one attached hydrogen (secondary N) is 4. The summed E-state index contributed by atoms with van der Waals surface area (Å²) in [6.07, 6.45) is 4.32. The van der Waals surface area contributed by atoms with E-state index in [2.05, 4.69) is 26.2 Å². The van der Waals surface area contributed by atoms with E-state index < -0.39 is 155 Å². The molecule has 26 nitrogen and oxygen atoms in total. The molecule has 14 atom stereocenters. The first-order valence-electron chi connectivity index (χ1n) is 34.2. The zero-order chi connectivity index (χ0) is 71.5. The molecule has 0 saturated carbocycles. The number of hydrogen-bond donors (Lipinski definition) is 4. The summed E-state index contributed by atoms with van der Waals surface area (Å²) in [5, 5.41) is 12.1. The molecular formula is C68H120N12O14. The van der Waals surface area contributed by atoms with Gasteiger partial charge in [0, 0.05) is 62.0 Å². The first-order valence-corrected chi connectivity index (χ1v) is 34.2. The van der Waals surface area contributed by atoms with Crippen molar-refractivity contribution in [2.24, 2.45) is 35.5 Å². The molecule has 3 heterocycles. The number of carbonyl (C=O) groups is 11. The topological polar surface area (TPSA) is 289 Å². The Bertz CT molecular complexity index is 2600. The van der Waals surface area contributed by atoms with Crippen LogP contribution in [-0.2, 0) is 67.1 Å².